The average molecular weight is 314 g/mol. The number of para-hydroxylation sites is 1. The molecule has 1 unspecified atom stereocenters. The Morgan fingerprint density at radius 2 is 1.90 bits per heavy atom. The first-order chi connectivity index (χ1) is 9.50. The quantitative estimate of drug-likeness (QED) is 0.457. The van der Waals surface area contributed by atoms with Crippen LogP contribution >= 0.6 is 23.2 Å². The summed E-state index contributed by atoms with van der Waals surface area (Å²) in [7, 11) is 0. The Morgan fingerprint density at radius 1 is 1.20 bits per heavy atom. The van der Waals surface area contributed by atoms with E-state index in [4.69, 9.17) is 23.2 Å². The van der Waals surface area contributed by atoms with Gasteiger partial charge in [-0.3, -0.25) is 10.1 Å². The van der Waals surface area contributed by atoms with Gasteiger partial charge in [-0.05, 0) is 12.5 Å². The number of nitro groups is 1. The van der Waals surface area contributed by atoms with E-state index in [0.717, 1.165) is 0 Å². The van der Waals surface area contributed by atoms with E-state index in [1.54, 1.807) is 24.3 Å². The van der Waals surface area contributed by atoms with Gasteiger partial charge in [0, 0.05) is 17.2 Å². The molecule has 0 aliphatic heterocycles. The number of rotatable bonds is 4. The van der Waals surface area contributed by atoms with Gasteiger partial charge in [0.15, 0.2) is 0 Å². The van der Waals surface area contributed by atoms with Crippen LogP contribution in [0.5, 0.6) is 0 Å². The molecule has 2 aromatic rings. The zero-order valence-electron chi connectivity index (χ0n) is 10.2. The lowest BCUT2D eigenvalue weighted by molar-refractivity contribution is -0.385. The molecule has 2 aromatic carbocycles. The van der Waals surface area contributed by atoms with Crippen molar-refractivity contribution < 1.29 is 9.31 Å². The highest BCUT2D eigenvalue weighted by Gasteiger charge is 2.20. The summed E-state index contributed by atoms with van der Waals surface area (Å²) in [5, 5.41) is 10.2. The first-order valence-corrected chi connectivity index (χ1v) is 6.62. The molecule has 0 heterocycles. The van der Waals surface area contributed by atoms with Crippen molar-refractivity contribution in [3.05, 3.63) is 74.5 Å². The van der Waals surface area contributed by atoms with E-state index in [1.165, 1.54) is 18.2 Å². The topological polar surface area (TPSA) is 43.1 Å². The average Bonchev–Trinajstić information content (AvgIpc) is 2.42. The molecule has 0 saturated carbocycles. The second-order valence-corrected chi connectivity index (χ2v) is 5.13. The van der Waals surface area contributed by atoms with Crippen molar-refractivity contribution in [3.63, 3.8) is 0 Å². The fourth-order valence-corrected chi connectivity index (χ4v) is 2.44. The van der Waals surface area contributed by atoms with Crippen molar-refractivity contribution in [1.82, 2.24) is 0 Å². The van der Waals surface area contributed by atoms with E-state index in [9.17, 15) is 14.5 Å². The minimum absolute atomic E-state index is 0.0179. The summed E-state index contributed by atoms with van der Waals surface area (Å²) in [6, 6.07) is 10.8. The van der Waals surface area contributed by atoms with Crippen molar-refractivity contribution in [1.29, 1.82) is 0 Å². The number of benzene rings is 2. The Kier molecular flexibility index (Phi) is 4.57. The Balaban J connectivity index is 2.30. The summed E-state index contributed by atoms with van der Waals surface area (Å²) in [6.45, 7) is 0. The van der Waals surface area contributed by atoms with Crippen molar-refractivity contribution in [2.75, 3.05) is 0 Å². The van der Waals surface area contributed by atoms with Crippen LogP contribution in [0, 0.1) is 15.9 Å². The van der Waals surface area contributed by atoms with E-state index < -0.39 is 16.1 Å². The molecule has 0 amide bonds. The van der Waals surface area contributed by atoms with Gasteiger partial charge in [0.05, 0.1) is 15.3 Å². The van der Waals surface area contributed by atoms with Gasteiger partial charge in [-0.15, -0.1) is 11.6 Å². The number of nitro benzene ring substituents is 1. The lowest BCUT2D eigenvalue weighted by Crippen LogP contribution is -2.02. The van der Waals surface area contributed by atoms with Gasteiger partial charge in [-0.25, -0.2) is 4.39 Å². The largest absolute Gasteiger partial charge is 0.272 e. The maximum Gasteiger partial charge on any atom is 0.272 e. The SMILES string of the molecule is O=[N+]([O-])c1ccccc1CC(Cl)c1cccc(Cl)c1F. The van der Waals surface area contributed by atoms with Crippen LogP contribution in [0.4, 0.5) is 10.1 Å². The number of nitrogens with zero attached hydrogens (tertiary/aromatic N) is 1. The number of hydrogen-bond acceptors (Lipinski definition) is 2. The van der Waals surface area contributed by atoms with E-state index >= 15 is 0 Å². The fraction of sp³-hybridized carbons (Fsp3) is 0.143. The zero-order valence-corrected chi connectivity index (χ0v) is 11.7. The molecule has 2 rings (SSSR count). The summed E-state index contributed by atoms with van der Waals surface area (Å²) < 4.78 is 13.9. The summed E-state index contributed by atoms with van der Waals surface area (Å²) in [5.74, 6) is -0.590. The molecule has 0 N–H and O–H groups in total. The molecule has 1 atom stereocenters. The van der Waals surface area contributed by atoms with Gasteiger partial charge >= 0.3 is 0 Å². The molecule has 20 heavy (non-hydrogen) atoms. The van der Waals surface area contributed by atoms with E-state index in [0.29, 0.717) is 5.56 Å². The van der Waals surface area contributed by atoms with Gasteiger partial charge < -0.3 is 0 Å². The van der Waals surface area contributed by atoms with Crippen LogP contribution in [0.25, 0.3) is 0 Å². The van der Waals surface area contributed by atoms with Gasteiger partial charge in [-0.2, -0.15) is 0 Å². The third-order valence-electron chi connectivity index (χ3n) is 2.91. The molecule has 6 heteroatoms. The molecule has 0 bridgehead atoms. The van der Waals surface area contributed by atoms with Crippen LogP contribution < -0.4 is 0 Å². The maximum atomic E-state index is 13.9. The minimum Gasteiger partial charge on any atom is -0.258 e. The normalized spacial score (nSPS) is 12.2. The molecule has 0 aliphatic rings. The molecule has 3 nitrogen and oxygen atoms in total. The van der Waals surface area contributed by atoms with E-state index in [1.807, 2.05) is 0 Å². The molecule has 0 fully saturated rings. The van der Waals surface area contributed by atoms with Gasteiger partial charge in [0.1, 0.15) is 5.82 Å². The molecule has 0 saturated heterocycles. The lowest BCUT2D eigenvalue weighted by atomic mass is 10.0. The van der Waals surface area contributed by atoms with Gasteiger partial charge in [0.2, 0.25) is 0 Å². The number of halogens is 3. The Bertz CT molecular complexity index is 649. The second-order valence-electron chi connectivity index (χ2n) is 4.20. The van der Waals surface area contributed by atoms with E-state index in [-0.39, 0.29) is 22.7 Å². The van der Waals surface area contributed by atoms with Crippen LogP contribution in [0.15, 0.2) is 42.5 Å². The summed E-state index contributed by atoms with van der Waals surface area (Å²) in [6.07, 6.45) is 0.149. The van der Waals surface area contributed by atoms with Crippen molar-refractivity contribution >= 4 is 28.9 Å². The molecule has 0 spiro atoms. The maximum absolute atomic E-state index is 13.9. The van der Waals surface area contributed by atoms with E-state index in [2.05, 4.69) is 0 Å². The number of hydrogen-bond donors (Lipinski definition) is 0. The first-order valence-electron chi connectivity index (χ1n) is 5.81. The van der Waals surface area contributed by atoms with Gasteiger partial charge in [0.25, 0.3) is 5.69 Å². The third-order valence-corrected chi connectivity index (χ3v) is 3.59. The molecule has 0 radical (unpaired) electrons. The van der Waals surface area contributed by atoms with Crippen molar-refractivity contribution in [2.45, 2.75) is 11.8 Å². The summed E-state index contributed by atoms with van der Waals surface area (Å²) in [4.78, 5) is 10.4. The molecule has 0 aliphatic carbocycles. The predicted octanol–water partition coefficient (Wildman–Crippen LogP) is 4.91. The van der Waals surface area contributed by atoms with Crippen LogP contribution in [-0.4, -0.2) is 4.92 Å². The van der Waals surface area contributed by atoms with Crippen molar-refractivity contribution in [2.24, 2.45) is 0 Å². The third kappa shape index (κ3) is 3.08. The van der Waals surface area contributed by atoms with Crippen LogP contribution in [0.3, 0.4) is 0 Å². The Morgan fingerprint density at radius 3 is 2.60 bits per heavy atom. The highest BCUT2D eigenvalue weighted by atomic mass is 35.5. The monoisotopic (exact) mass is 313 g/mol. The zero-order chi connectivity index (χ0) is 14.7. The summed E-state index contributed by atoms with van der Waals surface area (Å²) in [5.41, 5.74) is 0.662. The first kappa shape index (κ1) is 14.8. The highest BCUT2D eigenvalue weighted by molar-refractivity contribution is 6.31. The highest BCUT2D eigenvalue weighted by Crippen LogP contribution is 2.32. The molecular weight excluding hydrogens is 304 g/mol. The van der Waals surface area contributed by atoms with Crippen molar-refractivity contribution in [3.8, 4) is 0 Å². The minimum atomic E-state index is -0.727. The molecular formula is C14H10Cl2FNO2. The van der Waals surface area contributed by atoms with Crippen LogP contribution in [0.2, 0.25) is 5.02 Å². The second kappa shape index (κ2) is 6.20. The molecule has 104 valence electrons. The predicted molar refractivity (Wildman–Crippen MR) is 76.8 cm³/mol. The fourth-order valence-electron chi connectivity index (χ4n) is 1.93. The molecule has 0 aromatic heterocycles. The standard InChI is InChI=1S/C14H10Cl2FNO2/c15-11-6-3-5-10(14(11)17)12(16)8-9-4-1-2-7-13(9)18(19)20/h1-7,12H,8H2. The Labute approximate surface area is 125 Å². The number of alkyl halides is 1. The van der Waals surface area contributed by atoms with Crippen LogP contribution in [-0.2, 0) is 6.42 Å². The lowest BCUT2D eigenvalue weighted by Gasteiger charge is -2.12. The van der Waals surface area contributed by atoms with Gasteiger partial charge in [-0.1, -0.05) is 41.9 Å². The van der Waals surface area contributed by atoms with Crippen LogP contribution in [0.1, 0.15) is 16.5 Å². The smallest absolute Gasteiger partial charge is 0.258 e. The summed E-state index contributed by atoms with van der Waals surface area (Å²) >= 11 is 11.9. The Hall–Kier alpha value is -1.65.